The second kappa shape index (κ2) is 4.11. The lowest BCUT2D eigenvalue weighted by atomic mass is 10.1. The Bertz CT molecular complexity index is 682. The van der Waals surface area contributed by atoms with Gasteiger partial charge in [-0.15, -0.1) is 0 Å². The van der Waals surface area contributed by atoms with E-state index in [4.69, 9.17) is 11.6 Å². The van der Waals surface area contributed by atoms with Crippen molar-refractivity contribution >= 4 is 22.5 Å². The molecule has 3 nitrogen and oxygen atoms in total. The number of pyridine rings is 1. The highest BCUT2D eigenvalue weighted by molar-refractivity contribution is 6.32. The molecule has 0 N–H and O–H groups in total. The highest BCUT2D eigenvalue weighted by atomic mass is 35.5. The molecule has 0 fully saturated rings. The largest absolute Gasteiger partial charge is 0.244 e. The Labute approximate surface area is 103 Å². The van der Waals surface area contributed by atoms with E-state index in [0.29, 0.717) is 5.15 Å². The van der Waals surface area contributed by atoms with Gasteiger partial charge in [-0.1, -0.05) is 17.7 Å². The average Bonchev–Trinajstić information content (AvgIpc) is 2.39. The van der Waals surface area contributed by atoms with Gasteiger partial charge in [0.25, 0.3) is 0 Å². The Hall–Kier alpha value is -2.00. The van der Waals surface area contributed by atoms with E-state index in [1.54, 1.807) is 18.7 Å². The zero-order valence-corrected chi connectivity index (χ0v) is 9.59. The molecule has 0 bridgehead atoms. The molecule has 3 aromatic rings. The average molecular weight is 242 g/mol. The number of halogens is 1. The molecule has 0 saturated carbocycles. The standard InChI is InChI=1S/C13H8ClN3/c14-13-11(2-1-5-16-13)9-3-4-12-10(6-9)7-15-8-17-12/h1-8H. The molecule has 0 aliphatic carbocycles. The van der Waals surface area contributed by atoms with Gasteiger partial charge in [0.1, 0.15) is 11.5 Å². The molecule has 0 saturated heterocycles. The van der Waals surface area contributed by atoms with Crippen LogP contribution in [0.25, 0.3) is 22.0 Å². The molecule has 0 aliphatic rings. The summed E-state index contributed by atoms with van der Waals surface area (Å²) in [5.41, 5.74) is 2.86. The SMILES string of the molecule is Clc1ncccc1-c1ccc2ncncc2c1. The van der Waals surface area contributed by atoms with Crippen molar-refractivity contribution in [2.45, 2.75) is 0 Å². The molecule has 0 spiro atoms. The fraction of sp³-hybridized carbons (Fsp3) is 0. The first-order valence-electron chi connectivity index (χ1n) is 5.15. The second-order valence-electron chi connectivity index (χ2n) is 3.64. The third-order valence-electron chi connectivity index (χ3n) is 2.57. The summed E-state index contributed by atoms with van der Waals surface area (Å²) >= 11 is 6.07. The first-order valence-corrected chi connectivity index (χ1v) is 5.53. The monoisotopic (exact) mass is 241 g/mol. The molecular formula is C13H8ClN3. The molecule has 82 valence electrons. The summed E-state index contributed by atoms with van der Waals surface area (Å²) < 4.78 is 0. The summed E-state index contributed by atoms with van der Waals surface area (Å²) in [5, 5.41) is 1.49. The van der Waals surface area contributed by atoms with Crippen molar-refractivity contribution in [1.29, 1.82) is 0 Å². The highest BCUT2D eigenvalue weighted by Crippen LogP contribution is 2.27. The maximum absolute atomic E-state index is 6.07. The van der Waals surface area contributed by atoms with Gasteiger partial charge >= 0.3 is 0 Å². The van der Waals surface area contributed by atoms with E-state index in [9.17, 15) is 0 Å². The van der Waals surface area contributed by atoms with Gasteiger partial charge in [0.15, 0.2) is 0 Å². The second-order valence-corrected chi connectivity index (χ2v) is 4.00. The number of fused-ring (bicyclic) bond motifs is 1. The van der Waals surface area contributed by atoms with E-state index in [0.717, 1.165) is 22.0 Å². The van der Waals surface area contributed by atoms with Crippen molar-refractivity contribution in [3.05, 3.63) is 54.2 Å². The fourth-order valence-corrected chi connectivity index (χ4v) is 1.98. The zero-order valence-electron chi connectivity index (χ0n) is 8.84. The first kappa shape index (κ1) is 10.2. The fourth-order valence-electron chi connectivity index (χ4n) is 1.75. The number of hydrogen-bond acceptors (Lipinski definition) is 3. The van der Waals surface area contributed by atoms with Crippen LogP contribution in [0, 0.1) is 0 Å². The number of benzene rings is 1. The number of nitrogens with zero attached hydrogens (tertiary/aromatic N) is 3. The Morgan fingerprint density at radius 2 is 2.00 bits per heavy atom. The van der Waals surface area contributed by atoms with E-state index < -0.39 is 0 Å². The number of hydrogen-bond donors (Lipinski definition) is 0. The Morgan fingerprint density at radius 1 is 1.06 bits per heavy atom. The van der Waals surface area contributed by atoms with Gasteiger partial charge in [-0.05, 0) is 29.8 Å². The van der Waals surface area contributed by atoms with E-state index in [1.165, 1.54) is 0 Å². The van der Waals surface area contributed by atoms with Crippen molar-refractivity contribution in [3.63, 3.8) is 0 Å². The summed E-state index contributed by atoms with van der Waals surface area (Å²) in [6.07, 6.45) is 5.01. The van der Waals surface area contributed by atoms with E-state index >= 15 is 0 Å². The number of rotatable bonds is 1. The maximum Gasteiger partial charge on any atom is 0.136 e. The lowest BCUT2D eigenvalue weighted by Gasteiger charge is -2.04. The van der Waals surface area contributed by atoms with Crippen LogP contribution in [0.15, 0.2) is 49.1 Å². The van der Waals surface area contributed by atoms with Gasteiger partial charge in [0.05, 0.1) is 5.52 Å². The molecule has 0 radical (unpaired) electrons. The zero-order chi connectivity index (χ0) is 11.7. The van der Waals surface area contributed by atoms with Crippen LogP contribution in [-0.2, 0) is 0 Å². The topological polar surface area (TPSA) is 38.7 Å². The van der Waals surface area contributed by atoms with Crippen LogP contribution < -0.4 is 0 Å². The molecule has 2 aromatic heterocycles. The summed E-state index contributed by atoms with van der Waals surface area (Å²) in [6.45, 7) is 0. The van der Waals surface area contributed by atoms with Gasteiger partial charge in [-0.3, -0.25) is 0 Å². The summed E-state index contributed by atoms with van der Waals surface area (Å²) in [4.78, 5) is 12.3. The van der Waals surface area contributed by atoms with Crippen molar-refractivity contribution in [2.24, 2.45) is 0 Å². The summed E-state index contributed by atoms with van der Waals surface area (Å²) in [6, 6.07) is 9.76. The van der Waals surface area contributed by atoms with Gasteiger partial charge < -0.3 is 0 Å². The first-order chi connectivity index (χ1) is 8.34. The van der Waals surface area contributed by atoms with E-state index in [2.05, 4.69) is 15.0 Å². The Balaban J connectivity index is 2.22. The Kier molecular flexibility index (Phi) is 2.46. The lowest BCUT2D eigenvalue weighted by molar-refractivity contribution is 1.22. The number of aromatic nitrogens is 3. The molecule has 0 amide bonds. The van der Waals surface area contributed by atoms with Crippen LogP contribution in [0.1, 0.15) is 0 Å². The third-order valence-corrected chi connectivity index (χ3v) is 2.88. The smallest absolute Gasteiger partial charge is 0.136 e. The van der Waals surface area contributed by atoms with Crippen LogP contribution in [-0.4, -0.2) is 15.0 Å². The molecule has 0 unspecified atom stereocenters. The van der Waals surface area contributed by atoms with Crippen molar-refractivity contribution in [3.8, 4) is 11.1 Å². The molecule has 17 heavy (non-hydrogen) atoms. The van der Waals surface area contributed by atoms with Crippen LogP contribution in [0.4, 0.5) is 0 Å². The van der Waals surface area contributed by atoms with Crippen LogP contribution >= 0.6 is 11.6 Å². The third kappa shape index (κ3) is 1.85. The van der Waals surface area contributed by atoms with Gasteiger partial charge in [0.2, 0.25) is 0 Å². The van der Waals surface area contributed by atoms with Crippen LogP contribution in [0.5, 0.6) is 0 Å². The minimum atomic E-state index is 0.503. The normalized spacial score (nSPS) is 10.6. The lowest BCUT2D eigenvalue weighted by Crippen LogP contribution is -1.85. The molecular weight excluding hydrogens is 234 g/mol. The minimum Gasteiger partial charge on any atom is -0.244 e. The summed E-state index contributed by atoms with van der Waals surface area (Å²) in [5.74, 6) is 0. The van der Waals surface area contributed by atoms with Crippen molar-refractivity contribution in [1.82, 2.24) is 15.0 Å². The van der Waals surface area contributed by atoms with Crippen LogP contribution in [0.3, 0.4) is 0 Å². The molecule has 4 heteroatoms. The summed E-state index contributed by atoms with van der Waals surface area (Å²) in [7, 11) is 0. The van der Waals surface area contributed by atoms with Crippen molar-refractivity contribution in [2.75, 3.05) is 0 Å². The van der Waals surface area contributed by atoms with E-state index in [-0.39, 0.29) is 0 Å². The van der Waals surface area contributed by atoms with Gasteiger partial charge in [-0.25, -0.2) is 15.0 Å². The molecule has 0 atom stereocenters. The quantitative estimate of drug-likeness (QED) is 0.614. The van der Waals surface area contributed by atoms with Crippen LogP contribution in [0.2, 0.25) is 5.15 Å². The minimum absolute atomic E-state index is 0.503. The van der Waals surface area contributed by atoms with Crippen molar-refractivity contribution < 1.29 is 0 Å². The molecule has 1 aromatic carbocycles. The Morgan fingerprint density at radius 3 is 2.88 bits per heavy atom. The predicted octanol–water partition coefficient (Wildman–Crippen LogP) is 3.35. The molecule has 3 rings (SSSR count). The van der Waals surface area contributed by atoms with E-state index in [1.807, 2.05) is 30.3 Å². The predicted molar refractivity (Wildman–Crippen MR) is 67.8 cm³/mol. The highest BCUT2D eigenvalue weighted by Gasteiger charge is 2.04. The maximum atomic E-state index is 6.07. The van der Waals surface area contributed by atoms with Gasteiger partial charge in [-0.2, -0.15) is 0 Å². The van der Waals surface area contributed by atoms with Gasteiger partial charge in [0, 0.05) is 23.3 Å². The molecule has 2 heterocycles. The molecule has 0 aliphatic heterocycles.